The van der Waals surface area contributed by atoms with Crippen molar-refractivity contribution in [2.24, 2.45) is 0 Å². The molecule has 5 heteroatoms. The van der Waals surface area contributed by atoms with Crippen LogP contribution in [0.5, 0.6) is 11.5 Å². The molecule has 0 spiro atoms. The average Bonchev–Trinajstić information content (AvgIpc) is 2.27. The van der Waals surface area contributed by atoms with Gasteiger partial charge in [-0.3, -0.25) is 10.1 Å². The molecule has 0 radical (unpaired) electrons. The highest BCUT2D eigenvalue weighted by atomic mass is 16.6. The predicted molar refractivity (Wildman–Crippen MR) is 59.8 cm³/mol. The van der Waals surface area contributed by atoms with E-state index in [9.17, 15) is 10.1 Å². The number of hydrogen-bond acceptors (Lipinski definition) is 4. The molecule has 5 nitrogen and oxygen atoms in total. The Balaban J connectivity index is 3.02. The van der Waals surface area contributed by atoms with Crippen molar-refractivity contribution in [2.75, 3.05) is 20.8 Å². The van der Waals surface area contributed by atoms with Crippen molar-refractivity contribution in [3.05, 3.63) is 33.9 Å². The van der Waals surface area contributed by atoms with Gasteiger partial charge in [-0.1, -0.05) is 6.92 Å². The van der Waals surface area contributed by atoms with Gasteiger partial charge in [-0.05, 0) is 18.2 Å². The van der Waals surface area contributed by atoms with E-state index in [1.54, 1.807) is 39.3 Å². The van der Waals surface area contributed by atoms with Crippen molar-refractivity contribution in [1.29, 1.82) is 0 Å². The van der Waals surface area contributed by atoms with Gasteiger partial charge < -0.3 is 9.47 Å². The molecule has 1 aromatic rings. The van der Waals surface area contributed by atoms with Crippen LogP contribution in [-0.4, -0.2) is 25.7 Å². The summed E-state index contributed by atoms with van der Waals surface area (Å²) < 4.78 is 10.3. The van der Waals surface area contributed by atoms with Gasteiger partial charge in [0, 0.05) is 16.4 Å². The molecule has 0 saturated carbocycles. The number of nitro groups is 1. The van der Waals surface area contributed by atoms with E-state index < -0.39 is 0 Å². The van der Waals surface area contributed by atoms with E-state index in [1.807, 2.05) is 0 Å². The second-order valence-corrected chi connectivity index (χ2v) is 3.52. The molecule has 0 heterocycles. The fraction of sp³-hybridized carbons (Fsp3) is 0.455. The lowest BCUT2D eigenvalue weighted by molar-refractivity contribution is -0.482. The summed E-state index contributed by atoms with van der Waals surface area (Å²) in [5, 5.41) is 10.5. The third-order valence-corrected chi connectivity index (χ3v) is 2.39. The molecule has 0 aliphatic rings. The maximum absolute atomic E-state index is 10.5. The SMILES string of the molecule is COc1ccc(OC)c(C(C)C[N+](=O)[O-])c1. The van der Waals surface area contributed by atoms with Gasteiger partial charge in [-0.25, -0.2) is 0 Å². The van der Waals surface area contributed by atoms with E-state index in [0.717, 1.165) is 5.56 Å². The number of hydrogen-bond donors (Lipinski definition) is 0. The van der Waals surface area contributed by atoms with Gasteiger partial charge in [0.1, 0.15) is 11.5 Å². The summed E-state index contributed by atoms with van der Waals surface area (Å²) in [7, 11) is 3.11. The Hall–Kier alpha value is -1.78. The maximum atomic E-state index is 10.5. The van der Waals surface area contributed by atoms with E-state index in [4.69, 9.17) is 9.47 Å². The molecular formula is C11H15NO4. The van der Waals surface area contributed by atoms with Gasteiger partial charge in [0.05, 0.1) is 14.2 Å². The zero-order valence-electron chi connectivity index (χ0n) is 9.60. The summed E-state index contributed by atoms with van der Waals surface area (Å²) in [6.45, 7) is 1.67. The summed E-state index contributed by atoms with van der Waals surface area (Å²) in [5.41, 5.74) is 0.790. The molecule has 1 rings (SSSR count). The second kappa shape index (κ2) is 5.34. The van der Waals surface area contributed by atoms with Crippen LogP contribution >= 0.6 is 0 Å². The monoisotopic (exact) mass is 225 g/mol. The number of ether oxygens (including phenoxy) is 2. The minimum absolute atomic E-state index is 0.122. The number of rotatable bonds is 5. The van der Waals surface area contributed by atoms with E-state index >= 15 is 0 Å². The Bertz CT molecular complexity index is 378. The van der Waals surface area contributed by atoms with Crippen LogP contribution in [-0.2, 0) is 0 Å². The summed E-state index contributed by atoms with van der Waals surface area (Å²) in [5.74, 6) is 1.11. The van der Waals surface area contributed by atoms with Crippen molar-refractivity contribution in [1.82, 2.24) is 0 Å². The third-order valence-electron chi connectivity index (χ3n) is 2.39. The fourth-order valence-electron chi connectivity index (χ4n) is 1.55. The lowest BCUT2D eigenvalue weighted by Crippen LogP contribution is -2.10. The topological polar surface area (TPSA) is 61.6 Å². The number of methoxy groups -OCH3 is 2. The first-order valence-electron chi connectivity index (χ1n) is 4.92. The van der Waals surface area contributed by atoms with Crippen LogP contribution in [0.4, 0.5) is 0 Å². The van der Waals surface area contributed by atoms with Gasteiger partial charge >= 0.3 is 0 Å². The van der Waals surface area contributed by atoms with Crippen molar-refractivity contribution < 1.29 is 14.4 Å². The Morgan fingerprint density at radius 3 is 2.56 bits per heavy atom. The molecule has 88 valence electrons. The van der Waals surface area contributed by atoms with Gasteiger partial charge in [0.25, 0.3) is 0 Å². The largest absolute Gasteiger partial charge is 0.497 e. The fourth-order valence-corrected chi connectivity index (χ4v) is 1.55. The molecule has 1 unspecified atom stereocenters. The molecule has 0 aromatic heterocycles. The molecule has 0 amide bonds. The first-order chi connectivity index (χ1) is 7.58. The van der Waals surface area contributed by atoms with Gasteiger partial charge in [0.2, 0.25) is 6.54 Å². The van der Waals surface area contributed by atoms with Crippen molar-refractivity contribution >= 4 is 0 Å². The molecule has 1 aromatic carbocycles. The summed E-state index contributed by atoms with van der Waals surface area (Å²) in [6.07, 6.45) is 0. The number of nitrogens with zero attached hydrogens (tertiary/aromatic N) is 1. The highest BCUT2D eigenvalue weighted by Crippen LogP contribution is 2.30. The van der Waals surface area contributed by atoms with Crippen LogP contribution in [0.2, 0.25) is 0 Å². The Labute approximate surface area is 94.1 Å². The van der Waals surface area contributed by atoms with Crippen LogP contribution in [0.15, 0.2) is 18.2 Å². The first-order valence-corrected chi connectivity index (χ1v) is 4.92. The van der Waals surface area contributed by atoms with Crippen molar-refractivity contribution in [3.63, 3.8) is 0 Å². The normalized spacial score (nSPS) is 11.9. The minimum atomic E-state index is -0.330. The Kier molecular flexibility index (Phi) is 4.10. The third kappa shape index (κ3) is 2.85. The van der Waals surface area contributed by atoms with Crippen LogP contribution in [0, 0.1) is 10.1 Å². The molecule has 0 saturated heterocycles. The molecule has 0 aliphatic carbocycles. The van der Waals surface area contributed by atoms with E-state index in [-0.39, 0.29) is 17.4 Å². The minimum Gasteiger partial charge on any atom is -0.497 e. The predicted octanol–water partition coefficient (Wildman–Crippen LogP) is 2.08. The molecule has 0 aliphatic heterocycles. The van der Waals surface area contributed by atoms with Gasteiger partial charge in [0.15, 0.2) is 0 Å². The molecular weight excluding hydrogens is 210 g/mol. The van der Waals surface area contributed by atoms with Crippen LogP contribution in [0.1, 0.15) is 18.4 Å². The Morgan fingerprint density at radius 2 is 2.06 bits per heavy atom. The van der Waals surface area contributed by atoms with E-state index in [2.05, 4.69) is 0 Å². The van der Waals surface area contributed by atoms with Crippen molar-refractivity contribution in [2.45, 2.75) is 12.8 Å². The standard InChI is InChI=1S/C11H15NO4/c1-8(7-12(13)14)10-6-9(15-2)4-5-11(10)16-3/h4-6,8H,7H2,1-3H3. The van der Waals surface area contributed by atoms with E-state index in [1.165, 1.54) is 0 Å². The van der Waals surface area contributed by atoms with Crippen LogP contribution < -0.4 is 9.47 Å². The highest BCUT2D eigenvalue weighted by molar-refractivity contribution is 5.42. The van der Waals surface area contributed by atoms with E-state index in [0.29, 0.717) is 11.5 Å². The maximum Gasteiger partial charge on any atom is 0.210 e. The summed E-state index contributed by atoms with van der Waals surface area (Å²) in [4.78, 5) is 10.1. The van der Waals surface area contributed by atoms with Crippen molar-refractivity contribution in [3.8, 4) is 11.5 Å². The number of benzene rings is 1. The van der Waals surface area contributed by atoms with Crippen LogP contribution in [0.3, 0.4) is 0 Å². The molecule has 1 atom stereocenters. The molecule has 0 N–H and O–H groups in total. The molecule has 0 fully saturated rings. The zero-order valence-corrected chi connectivity index (χ0v) is 9.60. The van der Waals surface area contributed by atoms with Crippen LogP contribution in [0.25, 0.3) is 0 Å². The average molecular weight is 225 g/mol. The lowest BCUT2D eigenvalue weighted by atomic mass is 10.00. The van der Waals surface area contributed by atoms with Gasteiger partial charge in [-0.2, -0.15) is 0 Å². The highest BCUT2D eigenvalue weighted by Gasteiger charge is 2.17. The molecule has 0 bridgehead atoms. The quantitative estimate of drug-likeness (QED) is 0.568. The Morgan fingerprint density at radius 1 is 1.38 bits per heavy atom. The second-order valence-electron chi connectivity index (χ2n) is 3.52. The lowest BCUT2D eigenvalue weighted by Gasteiger charge is -2.13. The summed E-state index contributed by atoms with van der Waals surface area (Å²) >= 11 is 0. The smallest absolute Gasteiger partial charge is 0.210 e. The zero-order chi connectivity index (χ0) is 12.1. The van der Waals surface area contributed by atoms with Gasteiger partial charge in [-0.15, -0.1) is 0 Å². The first kappa shape index (κ1) is 12.3. The summed E-state index contributed by atoms with van der Waals surface area (Å²) in [6, 6.07) is 5.29. The molecule has 16 heavy (non-hydrogen) atoms.